The van der Waals surface area contributed by atoms with Crippen molar-refractivity contribution in [2.75, 3.05) is 11.5 Å². The van der Waals surface area contributed by atoms with Crippen LogP contribution in [0.5, 0.6) is 0 Å². The van der Waals surface area contributed by atoms with Gasteiger partial charge in [0, 0.05) is 15.7 Å². The van der Waals surface area contributed by atoms with Crippen molar-refractivity contribution in [3.05, 3.63) is 51.1 Å². The Kier molecular flexibility index (Phi) is 5.54. The van der Waals surface area contributed by atoms with E-state index in [0.717, 1.165) is 9.13 Å². The molecule has 13 heteroatoms. The van der Waals surface area contributed by atoms with Crippen LogP contribution in [-0.2, 0) is 26.0 Å². The Balaban J connectivity index is 1.61. The number of fused-ring (bicyclic) bond motifs is 1. The SMILES string of the molecule is Nc1ncnc2c1nc(SC1=COC(c3ccccc3I)O1)n2CCS(N)(=O)=O. The molecule has 1 aliphatic rings. The third kappa shape index (κ3) is 4.41. The number of benzene rings is 1. The van der Waals surface area contributed by atoms with Crippen LogP contribution in [0.4, 0.5) is 5.82 Å². The standard InChI is InChI=1S/C16H15IN6O4S2/c17-10-4-2-1-3-9(10)15-26-7-11(27-15)28-16-22-12-13(18)20-8-21-14(12)23(16)5-6-29(19,24)25/h1-4,7-8,15H,5-6H2,(H2,18,20,21)(H2,19,24,25). The lowest BCUT2D eigenvalue weighted by atomic mass is 10.2. The van der Waals surface area contributed by atoms with Gasteiger partial charge in [-0.2, -0.15) is 0 Å². The smallest absolute Gasteiger partial charge is 0.268 e. The molecule has 0 saturated heterocycles. The van der Waals surface area contributed by atoms with Gasteiger partial charge in [0.2, 0.25) is 15.1 Å². The third-order valence-corrected chi connectivity index (χ3v) is 6.61. The van der Waals surface area contributed by atoms with Gasteiger partial charge in [-0.25, -0.2) is 28.5 Å². The Morgan fingerprint density at radius 2 is 2.07 bits per heavy atom. The summed E-state index contributed by atoms with van der Waals surface area (Å²) in [4.78, 5) is 12.6. The van der Waals surface area contributed by atoms with Crippen LogP contribution in [-0.4, -0.2) is 33.7 Å². The Hall–Kier alpha value is -2.10. The Bertz CT molecular complexity index is 1210. The van der Waals surface area contributed by atoms with Crippen molar-refractivity contribution in [2.45, 2.75) is 18.0 Å². The minimum atomic E-state index is -3.68. The predicted octanol–water partition coefficient (Wildman–Crippen LogP) is 1.94. The number of rotatable bonds is 6. The van der Waals surface area contributed by atoms with E-state index in [-0.39, 0.29) is 18.1 Å². The van der Waals surface area contributed by atoms with Crippen molar-refractivity contribution >= 4 is 61.4 Å². The maximum absolute atomic E-state index is 11.4. The summed E-state index contributed by atoms with van der Waals surface area (Å²) >= 11 is 3.38. The first-order valence-electron chi connectivity index (χ1n) is 8.23. The van der Waals surface area contributed by atoms with Gasteiger partial charge in [-0.15, -0.1) is 0 Å². The fraction of sp³-hybridized carbons (Fsp3) is 0.188. The van der Waals surface area contributed by atoms with Crippen molar-refractivity contribution in [1.29, 1.82) is 0 Å². The molecule has 10 nitrogen and oxygen atoms in total. The van der Waals surface area contributed by atoms with Crippen LogP contribution in [0.15, 0.2) is 47.1 Å². The summed E-state index contributed by atoms with van der Waals surface area (Å²) < 4.78 is 37.0. The second-order valence-electron chi connectivity index (χ2n) is 5.99. The maximum atomic E-state index is 11.4. The van der Waals surface area contributed by atoms with E-state index >= 15 is 0 Å². The van der Waals surface area contributed by atoms with E-state index in [4.69, 9.17) is 20.3 Å². The summed E-state index contributed by atoms with van der Waals surface area (Å²) in [6.07, 6.45) is 2.22. The first-order chi connectivity index (χ1) is 13.8. The number of ether oxygens (including phenoxy) is 2. The number of imidazole rings is 1. The molecule has 4 rings (SSSR count). The van der Waals surface area contributed by atoms with E-state index < -0.39 is 16.3 Å². The predicted molar refractivity (Wildman–Crippen MR) is 116 cm³/mol. The molecule has 1 aliphatic heterocycles. The molecule has 0 fully saturated rings. The van der Waals surface area contributed by atoms with Gasteiger partial charge < -0.3 is 19.8 Å². The van der Waals surface area contributed by atoms with Gasteiger partial charge >= 0.3 is 0 Å². The lowest BCUT2D eigenvalue weighted by Crippen LogP contribution is -2.20. The second kappa shape index (κ2) is 7.97. The van der Waals surface area contributed by atoms with Gasteiger partial charge in [0.15, 0.2) is 22.1 Å². The zero-order valence-corrected chi connectivity index (χ0v) is 18.5. The van der Waals surface area contributed by atoms with Crippen LogP contribution in [0.1, 0.15) is 11.9 Å². The van der Waals surface area contributed by atoms with Crippen molar-refractivity contribution in [1.82, 2.24) is 19.5 Å². The largest absolute Gasteiger partial charge is 0.454 e. The zero-order valence-electron chi connectivity index (χ0n) is 14.7. The zero-order chi connectivity index (χ0) is 20.6. The fourth-order valence-electron chi connectivity index (χ4n) is 2.65. The lowest BCUT2D eigenvalue weighted by Gasteiger charge is -2.13. The molecule has 3 heterocycles. The summed E-state index contributed by atoms with van der Waals surface area (Å²) in [5, 5.41) is 6.06. The fourth-order valence-corrected chi connectivity index (χ4v) is 4.57. The number of aryl methyl sites for hydroxylation is 1. The lowest BCUT2D eigenvalue weighted by molar-refractivity contribution is -0.0279. The van der Waals surface area contributed by atoms with Crippen LogP contribution >= 0.6 is 34.4 Å². The highest BCUT2D eigenvalue weighted by Crippen LogP contribution is 2.39. The summed E-state index contributed by atoms with van der Waals surface area (Å²) in [5.74, 6) is -0.0857. The molecule has 2 aromatic heterocycles. The molecular formula is C16H15IN6O4S2. The average Bonchev–Trinajstić information content (AvgIpc) is 3.25. The monoisotopic (exact) mass is 546 g/mol. The molecule has 0 amide bonds. The topological polar surface area (TPSA) is 148 Å². The number of aromatic nitrogens is 4. The van der Waals surface area contributed by atoms with Gasteiger partial charge in [-0.3, -0.25) is 0 Å². The van der Waals surface area contributed by atoms with Crippen molar-refractivity contribution < 1.29 is 17.9 Å². The van der Waals surface area contributed by atoms with Crippen LogP contribution < -0.4 is 10.9 Å². The van der Waals surface area contributed by atoms with Crippen molar-refractivity contribution in [2.24, 2.45) is 5.14 Å². The van der Waals surface area contributed by atoms with Crippen LogP contribution in [0, 0.1) is 3.57 Å². The first-order valence-corrected chi connectivity index (χ1v) is 11.8. The molecule has 29 heavy (non-hydrogen) atoms. The molecule has 0 radical (unpaired) electrons. The summed E-state index contributed by atoms with van der Waals surface area (Å²) in [6.45, 7) is 0.0578. The Morgan fingerprint density at radius 3 is 2.83 bits per heavy atom. The average molecular weight is 546 g/mol. The number of halogens is 1. The minimum Gasteiger partial charge on any atom is -0.454 e. The Labute approximate surface area is 183 Å². The van der Waals surface area contributed by atoms with Crippen molar-refractivity contribution in [3.8, 4) is 0 Å². The number of nitrogens with zero attached hydrogens (tertiary/aromatic N) is 4. The summed E-state index contributed by atoms with van der Waals surface area (Å²) in [5.41, 5.74) is 7.58. The molecule has 0 spiro atoms. The molecule has 152 valence electrons. The van der Waals surface area contributed by atoms with E-state index in [0.29, 0.717) is 21.4 Å². The molecule has 0 bridgehead atoms. The van der Waals surface area contributed by atoms with Gasteiger partial charge in [0.25, 0.3) is 6.29 Å². The number of anilines is 1. The number of sulfonamides is 1. The number of primary sulfonamides is 1. The first kappa shape index (κ1) is 20.2. The molecular weight excluding hydrogens is 531 g/mol. The summed E-state index contributed by atoms with van der Waals surface area (Å²) in [7, 11) is -3.68. The highest BCUT2D eigenvalue weighted by atomic mass is 127. The molecule has 4 N–H and O–H groups in total. The van der Waals surface area contributed by atoms with Gasteiger partial charge in [0.1, 0.15) is 12.6 Å². The number of thioether (sulfide) groups is 1. The van der Waals surface area contributed by atoms with E-state index in [9.17, 15) is 8.42 Å². The molecule has 1 unspecified atom stereocenters. The molecule has 0 saturated carbocycles. The number of hydrogen-bond donors (Lipinski definition) is 2. The van der Waals surface area contributed by atoms with Gasteiger partial charge in [-0.1, -0.05) is 18.2 Å². The van der Waals surface area contributed by atoms with Crippen LogP contribution in [0.25, 0.3) is 11.2 Å². The van der Waals surface area contributed by atoms with Crippen LogP contribution in [0.2, 0.25) is 0 Å². The van der Waals surface area contributed by atoms with E-state index in [1.165, 1.54) is 24.4 Å². The third-order valence-electron chi connectivity index (χ3n) is 3.99. The maximum Gasteiger partial charge on any atom is 0.268 e. The molecule has 0 aliphatic carbocycles. The number of nitrogen functional groups attached to an aromatic ring is 1. The second-order valence-corrected chi connectivity index (χ2v) is 9.86. The van der Waals surface area contributed by atoms with E-state index in [1.54, 1.807) is 4.57 Å². The Morgan fingerprint density at radius 1 is 1.28 bits per heavy atom. The molecule has 1 aromatic carbocycles. The van der Waals surface area contributed by atoms with Crippen molar-refractivity contribution in [3.63, 3.8) is 0 Å². The quantitative estimate of drug-likeness (QED) is 0.443. The highest BCUT2D eigenvalue weighted by molar-refractivity contribution is 14.1. The number of hydrogen-bond acceptors (Lipinski definition) is 9. The van der Waals surface area contributed by atoms with E-state index in [1.807, 2.05) is 24.3 Å². The van der Waals surface area contributed by atoms with Gasteiger partial charge in [-0.05, 0) is 40.4 Å². The normalized spacial score (nSPS) is 16.5. The summed E-state index contributed by atoms with van der Waals surface area (Å²) in [6, 6.07) is 7.72. The molecule has 3 aromatic rings. The van der Waals surface area contributed by atoms with E-state index in [2.05, 4.69) is 37.5 Å². The number of nitrogens with two attached hydrogens (primary N) is 2. The van der Waals surface area contributed by atoms with Gasteiger partial charge in [0.05, 0.1) is 5.75 Å². The molecule has 1 atom stereocenters. The minimum absolute atomic E-state index is 0.0578. The van der Waals surface area contributed by atoms with Crippen LogP contribution in [0.3, 0.4) is 0 Å². The highest BCUT2D eigenvalue weighted by Gasteiger charge is 2.26.